The Bertz CT molecular complexity index is 10200. The standard InChI is InChI=1S/3C44H27NOS/c1-3-13-28(14-4-1)32-20-10-23-35-36-24-11-21-33(42(36)46-41(32)35)29-15-9-16-30(27-29)34-22-12-25-38-40-44(47-43(34)38)37-19-7-8-26-39(37)45(40)31-17-5-2-6-18-31;1-3-12-28(13-4-1)29-24-25-40-38(27-29)35-21-10-19-33(42(35)46-40)30-14-9-15-31(26-30)34-20-11-22-37-41-44(47-43(34)37)36-18-7-8-23-39(36)45(41)32-16-5-2-6-17-32;1-3-11-28(12-4-1)30-21-23-35-36-24-22-31(27-41(36)46-40(35)26-30)29-13-9-14-32(25-29)34-18-10-19-38-42-44(47-43(34)38)37-17-7-8-20-39(37)45(42)33-15-5-2-6-16-33/h3*1-27H. The minimum absolute atomic E-state index is 0.907. The summed E-state index contributed by atoms with van der Waals surface area (Å²) in [6.07, 6.45) is 0. The highest BCUT2D eigenvalue weighted by Crippen LogP contribution is 2.53. The van der Waals surface area contributed by atoms with E-state index in [4.69, 9.17) is 13.3 Å². The van der Waals surface area contributed by atoms with Crippen molar-refractivity contribution in [2.75, 3.05) is 0 Å². The summed E-state index contributed by atoms with van der Waals surface area (Å²) in [5.74, 6) is 0. The lowest BCUT2D eigenvalue weighted by Crippen LogP contribution is -1.92. The first-order valence-electron chi connectivity index (χ1n) is 47.8. The predicted molar refractivity (Wildman–Crippen MR) is 599 cm³/mol. The van der Waals surface area contributed by atoms with Crippen LogP contribution in [0.3, 0.4) is 0 Å². The van der Waals surface area contributed by atoms with Gasteiger partial charge in [-0.05, 0) is 193 Å². The Labute approximate surface area is 822 Å². The Hall–Kier alpha value is -17.7. The minimum atomic E-state index is 0.907. The number of nitrogens with zero attached hydrogens (tertiary/aromatic N) is 3. The number of para-hydroxylation sites is 9. The van der Waals surface area contributed by atoms with E-state index in [1.807, 2.05) is 40.1 Å². The van der Waals surface area contributed by atoms with Crippen LogP contribution in [0.15, 0.2) is 505 Å². The number of hydrogen-bond acceptors (Lipinski definition) is 6. The maximum absolute atomic E-state index is 6.76. The van der Waals surface area contributed by atoms with Crippen LogP contribution in [0.4, 0.5) is 0 Å². The second-order valence-corrected chi connectivity index (χ2v) is 39.3. The molecule has 0 amide bonds. The number of aromatic nitrogens is 3. The number of fused-ring (bicyclic) bond motifs is 24. The largest absolute Gasteiger partial charge is 0.456 e. The first-order chi connectivity index (χ1) is 69.9. The highest BCUT2D eigenvalue weighted by atomic mass is 32.1. The Morgan fingerprint density at radius 1 is 0.142 bits per heavy atom. The Morgan fingerprint density at radius 2 is 0.411 bits per heavy atom. The number of furan rings is 3. The van der Waals surface area contributed by atoms with Gasteiger partial charge >= 0.3 is 0 Å². The number of rotatable bonds is 12. The summed E-state index contributed by atoms with van der Waals surface area (Å²) in [7, 11) is 0. The van der Waals surface area contributed by atoms with Crippen molar-refractivity contribution in [1.29, 1.82) is 0 Å². The van der Waals surface area contributed by atoms with Gasteiger partial charge < -0.3 is 27.0 Å². The van der Waals surface area contributed by atoms with E-state index in [0.717, 1.165) is 110 Å². The Morgan fingerprint density at radius 3 is 0.816 bits per heavy atom. The fraction of sp³-hybridized carbons (Fsp3) is 0. The van der Waals surface area contributed by atoms with Crippen LogP contribution in [0.25, 0.3) is 277 Å². The normalized spacial score (nSPS) is 11.8. The van der Waals surface area contributed by atoms with Crippen LogP contribution < -0.4 is 0 Å². The molecule has 0 fully saturated rings. The van der Waals surface area contributed by atoms with Crippen LogP contribution in [0.1, 0.15) is 0 Å². The van der Waals surface area contributed by atoms with Crippen LogP contribution in [-0.4, -0.2) is 13.7 Å². The summed E-state index contributed by atoms with van der Waals surface area (Å²) in [5.41, 5.74) is 37.8. The SMILES string of the molecule is c1ccc(-c2ccc3c(c2)oc2cc(-c4cccc(-c5cccc6c5sc5c7ccccc7n(-c7ccccc7)c65)c4)ccc23)cc1.c1ccc(-c2ccc3oc4c(-c5cccc(-c6cccc7c6sc6c8ccccc8n(-c8ccccc8)c76)c5)cccc4c3c2)cc1.c1ccc(-c2cccc3c2oc2c(-c4cccc(-c5cccc6c5sc5c7ccccc7n(-c7ccccc7)c65)c4)cccc23)cc1. The van der Waals surface area contributed by atoms with Gasteiger partial charge in [-0.25, -0.2) is 0 Å². The molecule has 9 aromatic heterocycles. The van der Waals surface area contributed by atoms with E-state index in [1.54, 1.807) is 0 Å². The molecule has 660 valence electrons. The fourth-order valence-corrected chi connectivity index (χ4v) is 25.8. The van der Waals surface area contributed by atoms with E-state index in [2.05, 4.69) is 499 Å². The molecule has 9 heterocycles. The molecule has 0 unspecified atom stereocenters. The third-order valence-corrected chi connectivity index (χ3v) is 32.0. The maximum atomic E-state index is 6.76. The monoisotopic (exact) mass is 1850 g/mol. The molecule has 0 saturated carbocycles. The van der Waals surface area contributed by atoms with E-state index in [9.17, 15) is 0 Å². The van der Waals surface area contributed by atoms with Gasteiger partial charge in [0.05, 0.1) is 47.2 Å². The first kappa shape index (κ1) is 81.6. The van der Waals surface area contributed by atoms with Gasteiger partial charge in [0.15, 0.2) is 0 Å². The van der Waals surface area contributed by atoms with Crippen molar-refractivity contribution in [1.82, 2.24) is 13.7 Å². The molecule has 0 spiro atoms. The molecule has 6 nitrogen and oxygen atoms in total. The average Bonchev–Trinajstić information content (AvgIpc) is 1.56. The Kier molecular flexibility index (Phi) is 19.5. The third kappa shape index (κ3) is 13.6. The molecule has 0 N–H and O–H groups in total. The quantitative estimate of drug-likeness (QED) is 0.122. The highest BCUT2D eigenvalue weighted by Gasteiger charge is 2.27. The average molecular weight is 1850 g/mol. The van der Waals surface area contributed by atoms with Crippen molar-refractivity contribution in [3.8, 4) is 117 Å². The molecule has 0 aliphatic heterocycles. The number of hydrogen-bond donors (Lipinski definition) is 0. The summed E-state index contributed by atoms with van der Waals surface area (Å²) in [6.45, 7) is 0. The van der Waals surface area contributed by atoms with Gasteiger partial charge in [-0.15, -0.1) is 34.0 Å². The third-order valence-electron chi connectivity index (χ3n) is 28.2. The molecule has 9 heteroatoms. The molecule has 0 radical (unpaired) electrons. The van der Waals surface area contributed by atoms with Gasteiger partial charge in [-0.2, -0.15) is 0 Å². The zero-order valence-corrected chi connectivity index (χ0v) is 78.5. The zero-order chi connectivity index (χ0) is 92.7. The minimum Gasteiger partial charge on any atom is -0.456 e. The highest BCUT2D eigenvalue weighted by molar-refractivity contribution is 7.28. The topological polar surface area (TPSA) is 54.2 Å². The van der Waals surface area contributed by atoms with E-state index >= 15 is 0 Å². The van der Waals surface area contributed by atoms with Gasteiger partial charge in [0.25, 0.3) is 0 Å². The van der Waals surface area contributed by atoms with Crippen molar-refractivity contribution in [3.05, 3.63) is 491 Å². The lowest BCUT2D eigenvalue weighted by molar-refractivity contribution is 0.669. The van der Waals surface area contributed by atoms with Crippen LogP contribution in [0.5, 0.6) is 0 Å². The smallest absolute Gasteiger partial charge is 0.143 e. The van der Waals surface area contributed by atoms with Crippen molar-refractivity contribution in [3.63, 3.8) is 0 Å². The van der Waals surface area contributed by atoms with E-state index < -0.39 is 0 Å². The molecule has 0 saturated heterocycles. The van der Waals surface area contributed by atoms with Crippen LogP contribution >= 0.6 is 34.0 Å². The van der Waals surface area contributed by atoms with Crippen LogP contribution in [0, 0.1) is 0 Å². The summed E-state index contributed by atoms with van der Waals surface area (Å²) >= 11 is 5.69. The van der Waals surface area contributed by atoms with Gasteiger partial charge in [0, 0.05) is 112 Å². The Balaban J connectivity index is 0.000000104. The molecule has 0 atom stereocenters. The summed E-state index contributed by atoms with van der Waals surface area (Å²) in [5, 5.41) is 14.5. The van der Waals surface area contributed by atoms with Crippen molar-refractivity contribution >= 4 is 193 Å². The van der Waals surface area contributed by atoms with Gasteiger partial charge in [-0.1, -0.05) is 382 Å². The molecule has 0 aliphatic carbocycles. The van der Waals surface area contributed by atoms with Gasteiger partial charge in [0.2, 0.25) is 0 Å². The van der Waals surface area contributed by atoms with E-state index in [0.29, 0.717) is 0 Å². The molecule has 30 aromatic rings. The van der Waals surface area contributed by atoms with Gasteiger partial charge in [-0.3, -0.25) is 0 Å². The van der Waals surface area contributed by atoms with Crippen LogP contribution in [0.2, 0.25) is 0 Å². The molecule has 21 aromatic carbocycles. The van der Waals surface area contributed by atoms with E-state index in [-0.39, 0.29) is 0 Å². The maximum Gasteiger partial charge on any atom is 0.143 e. The fourth-order valence-electron chi connectivity index (χ4n) is 21.8. The first-order valence-corrected chi connectivity index (χ1v) is 50.2. The second kappa shape index (κ2) is 33.6. The molecule has 0 aliphatic rings. The van der Waals surface area contributed by atoms with Crippen molar-refractivity contribution in [2.45, 2.75) is 0 Å². The lowest BCUT2D eigenvalue weighted by atomic mass is 9.96. The second-order valence-electron chi connectivity index (χ2n) is 36.3. The summed E-state index contributed by atoms with van der Waals surface area (Å²) < 4.78 is 35.0. The van der Waals surface area contributed by atoms with Gasteiger partial charge in [0.1, 0.15) is 33.5 Å². The molecule has 141 heavy (non-hydrogen) atoms. The molecular formula is C132H81N3O3S3. The molecular weight excluding hydrogens is 1770 g/mol. The van der Waals surface area contributed by atoms with Crippen molar-refractivity contribution in [2.24, 2.45) is 0 Å². The van der Waals surface area contributed by atoms with Crippen LogP contribution in [-0.2, 0) is 0 Å². The summed E-state index contributed by atoms with van der Waals surface area (Å²) in [4.78, 5) is 0. The molecule has 30 rings (SSSR count). The number of benzene rings is 21. The van der Waals surface area contributed by atoms with Crippen molar-refractivity contribution < 1.29 is 13.3 Å². The predicted octanol–water partition coefficient (Wildman–Crippen LogP) is 38.7. The molecule has 0 bridgehead atoms. The zero-order valence-electron chi connectivity index (χ0n) is 76.1. The lowest BCUT2D eigenvalue weighted by Gasteiger charge is -2.10. The van der Waals surface area contributed by atoms with E-state index in [1.165, 1.54) is 166 Å². The number of thiophene rings is 3. The summed E-state index contributed by atoms with van der Waals surface area (Å²) in [6, 6.07) is 176.